The van der Waals surface area contributed by atoms with Gasteiger partial charge in [0.25, 0.3) is 0 Å². The normalized spacial score (nSPS) is 16.8. The first kappa shape index (κ1) is 28.7. The summed E-state index contributed by atoms with van der Waals surface area (Å²) < 4.78 is 80.7. The average molecular weight is 579 g/mol. The third-order valence-corrected chi connectivity index (χ3v) is 7.11. The first-order chi connectivity index (χ1) is 18.3. The van der Waals surface area contributed by atoms with Crippen molar-refractivity contribution in [3.8, 4) is 11.3 Å². The van der Waals surface area contributed by atoms with Gasteiger partial charge in [0.2, 0.25) is 16.7 Å². The second kappa shape index (κ2) is 11.0. The van der Waals surface area contributed by atoms with Crippen molar-refractivity contribution >= 4 is 22.2 Å². The molecule has 4 rings (SSSR count). The molecule has 0 aromatic carbocycles. The van der Waals surface area contributed by atoms with Crippen molar-refractivity contribution in [2.45, 2.75) is 51.1 Å². The molecule has 4 heterocycles. The molecule has 1 aliphatic heterocycles. The third kappa shape index (κ3) is 6.46. The van der Waals surface area contributed by atoms with Crippen LogP contribution >= 0.6 is 11.3 Å². The maximum atomic E-state index is 13.6. The van der Waals surface area contributed by atoms with Crippen molar-refractivity contribution in [2.75, 3.05) is 31.1 Å². The number of carbonyl (C=O) groups excluding carboxylic acids is 1. The molecular weight excluding hydrogens is 554 g/mol. The summed E-state index contributed by atoms with van der Waals surface area (Å²) in [5.74, 6) is -1.09. The summed E-state index contributed by atoms with van der Waals surface area (Å²) in [4.78, 5) is 30.5. The number of nitrogens with zero attached hydrogens (tertiary/aromatic N) is 8. The molecule has 39 heavy (non-hydrogen) atoms. The van der Waals surface area contributed by atoms with Gasteiger partial charge >= 0.3 is 12.4 Å². The van der Waals surface area contributed by atoms with Crippen LogP contribution in [0.25, 0.3) is 11.3 Å². The number of hydrogen-bond donors (Lipinski definition) is 1. The number of aliphatic hydroxyl groups excluding tert-OH is 1. The molecule has 3 aromatic heterocycles. The maximum Gasteiger partial charge on any atom is 0.451 e. The van der Waals surface area contributed by atoms with Gasteiger partial charge in [-0.1, -0.05) is 25.2 Å². The zero-order valence-corrected chi connectivity index (χ0v) is 21.6. The summed E-state index contributed by atoms with van der Waals surface area (Å²) in [5, 5.41) is 12.8. The van der Waals surface area contributed by atoms with E-state index < -0.39 is 29.2 Å². The molecule has 1 aliphatic rings. The Morgan fingerprint density at radius 2 is 1.79 bits per heavy atom. The quantitative estimate of drug-likeness (QED) is 0.425. The Kier molecular flexibility index (Phi) is 8.11. The van der Waals surface area contributed by atoms with Gasteiger partial charge < -0.3 is 14.9 Å². The monoisotopic (exact) mass is 578 g/mol. The summed E-state index contributed by atoms with van der Waals surface area (Å²) >= 11 is 0.339. The van der Waals surface area contributed by atoms with E-state index in [2.05, 4.69) is 25.0 Å². The number of piperazine rings is 1. The van der Waals surface area contributed by atoms with Crippen LogP contribution in [0.1, 0.15) is 42.8 Å². The molecule has 212 valence electrons. The first-order valence-electron chi connectivity index (χ1n) is 11.8. The lowest BCUT2D eigenvalue weighted by Crippen LogP contribution is -2.56. The van der Waals surface area contributed by atoms with E-state index in [4.69, 9.17) is 0 Å². The van der Waals surface area contributed by atoms with E-state index in [0.29, 0.717) is 17.2 Å². The Balaban J connectivity index is 1.59. The van der Waals surface area contributed by atoms with Crippen molar-refractivity contribution in [1.82, 2.24) is 34.6 Å². The molecule has 1 N–H and O–H groups in total. The fourth-order valence-corrected chi connectivity index (χ4v) is 5.07. The van der Waals surface area contributed by atoms with Crippen LogP contribution in [0.3, 0.4) is 0 Å². The van der Waals surface area contributed by atoms with Crippen LogP contribution in [-0.2, 0) is 23.7 Å². The second-order valence-electron chi connectivity index (χ2n) is 9.12. The topological polar surface area (TPSA) is 113 Å². The van der Waals surface area contributed by atoms with Crippen LogP contribution in [0.15, 0.2) is 18.7 Å². The highest BCUT2D eigenvalue weighted by molar-refractivity contribution is 7.16. The molecular formula is C22H24F6N8O2S. The Hall–Kier alpha value is -3.34. The fourth-order valence-electron chi connectivity index (χ4n) is 4.08. The molecule has 0 saturated carbocycles. The standard InChI is InChI=1S/C22H24F6N8O2S/c1-12(2)17-31-11-35(33-17)10-15(38)36-5-4-34(9-14(36)3-6-37)18-16(32-20(39-18)22(26,27)28)13-7-29-19(30-8-13)21(23,24)25/h7-8,11-12,14,37H,3-6,9-10H2,1-2H3/t14-/m0/s1. The zero-order valence-electron chi connectivity index (χ0n) is 20.7. The van der Waals surface area contributed by atoms with Gasteiger partial charge in [0, 0.05) is 50.1 Å². The van der Waals surface area contributed by atoms with E-state index in [9.17, 15) is 36.2 Å². The number of anilines is 1. The van der Waals surface area contributed by atoms with Crippen molar-refractivity contribution < 1.29 is 36.2 Å². The highest BCUT2D eigenvalue weighted by atomic mass is 32.1. The number of hydrogen-bond acceptors (Lipinski definition) is 9. The second-order valence-corrected chi connectivity index (χ2v) is 10.1. The maximum absolute atomic E-state index is 13.6. The predicted octanol–water partition coefficient (Wildman–Crippen LogP) is 3.45. The minimum Gasteiger partial charge on any atom is -0.396 e. The Bertz CT molecular complexity index is 1290. The molecule has 10 nitrogen and oxygen atoms in total. The number of halogens is 6. The lowest BCUT2D eigenvalue weighted by Gasteiger charge is -2.42. The summed E-state index contributed by atoms with van der Waals surface area (Å²) in [7, 11) is 0. The minimum absolute atomic E-state index is 0.0542. The number of rotatable bonds is 7. The Morgan fingerprint density at radius 3 is 2.36 bits per heavy atom. The predicted molar refractivity (Wildman–Crippen MR) is 127 cm³/mol. The number of aliphatic hydroxyl groups is 1. The van der Waals surface area contributed by atoms with E-state index in [-0.39, 0.29) is 67.3 Å². The molecule has 0 spiro atoms. The average Bonchev–Trinajstić information content (AvgIpc) is 3.51. The Labute approximate surface area is 222 Å². The third-order valence-electron chi connectivity index (χ3n) is 5.95. The molecule has 0 bridgehead atoms. The summed E-state index contributed by atoms with van der Waals surface area (Å²) in [6.45, 7) is 3.75. The molecule has 1 amide bonds. The summed E-state index contributed by atoms with van der Waals surface area (Å²) in [5.41, 5.74) is -0.332. The van der Waals surface area contributed by atoms with Gasteiger partial charge in [0.15, 0.2) is 5.82 Å². The first-order valence-corrected chi connectivity index (χ1v) is 12.6. The number of carbonyl (C=O) groups is 1. The largest absolute Gasteiger partial charge is 0.451 e. The van der Waals surface area contributed by atoms with E-state index in [1.54, 1.807) is 4.90 Å². The van der Waals surface area contributed by atoms with E-state index in [0.717, 1.165) is 12.4 Å². The van der Waals surface area contributed by atoms with Crippen molar-refractivity contribution in [3.05, 3.63) is 35.4 Å². The van der Waals surface area contributed by atoms with Gasteiger partial charge in [0.05, 0.1) is 6.04 Å². The molecule has 3 aromatic rings. The van der Waals surface area contributed by atoms with Crippen molar-refractivity contribution in [3.63, 3.8) is 0 Å². The van der Waals surface area contributed by atoms with Crippen LogP contribution in [0.2, 0.25) is 0 Å². The molecule has 0 radical (unpaired) electrons. The molecule has 0 aliphatic carbocycles. The highest BCUT2D eigenvalue weighted by Crippen LogP contribution is 2.43. The summed E-state index contributed by atoms with van der Waals surface area (Å²) in [6, 6.07) is -0.558. The lowest BCUT2D eigenvalue weighted by molar-refractivity contribution is -0.145. The van der Waals surface area contributed by atoms with E-state index in [1.807, 2.05) is 13.8 Å². The number of aromatic nitrogens is 6. The molecule has 17 heteroatoms. The minimum atomic E-state index is -4.82. The van der Waals surface area contributed by atoms with Gasteiger partial charge in [-0.15, -0.1) is 0 Å². The molecule has 1 fully saturated rings. The van der Waals surface area contributed by atoms with Crippen LogP contribution in [0.5, 0.6) is 0 Å². The van der Waals surface area contributed by atoms with Crippen molar-refractivity contribution in [1.29, 1.82) is 0 Å². The fraction of sp³-hybridized carbons (Fsp3) is 0.545. The van der Waals surface area contributed by atoms with E-state index >= 15 is 0 Å². The summed E-state index contributed by atoms with van der Waals surface area (Å²) in [6.07, 6.45) is -6.45. The van der Waals surface area contributed by atoms with Crippen molar-refractivity contribution in [2.24, 2.45) is 0 Å². The zero-order chi connectivity index (χ0) is 28.5. The smallest absolute Gasteiger partial charge is 0.396 e. The number of amides is 1. The molecule has 1 saturated heterocycles. The highest BCUT2D eigenvalue weighted by Gasteiger charge is 2.39. The molecule has 0 unspecified atom stereocenters. The lowest BCUT2D eigenvalue weighted by atomic mass is 10.1. The van der Waals surface area contributed by atoms with Gasteiger partial charge in [-0.3, -0.25) is 4.79 Å². The van der Waals surface area contributed by atoms with Gasteiger partial charge in [0.1, 0.15) is 23.6 Å². The SMILES string of the molecule is CC(C)c1ncn(CC(=O)N2CCN(c3sc(C(F)(F)F)nc3-c3cnc(C(F)(F)F)nc3)C[C@@H]2CCO)n1. The molecule has 1 atom stereocenters. The Morgan fingerprint density at radius 1 is 1.10 bits per heavy atom. The van der Waals surface area contributed by atoms with Gasteiger partial charge in [-0.25, -0.2) is 24.6 Å². The number of alkyl halides is 6. The van der Waals surface area contributed by atoms with Crippen LogP contribution < -0.4 is 4.90 Å². The van der Waals surface area contributed by atoms with Gasteiger partial charge in [-0.05, 0) is 6.42 Å². The van der Waals surface area contributed by atoms with Gasteiger partial charge in [-0.2, -0.15) is 31.4 Å². The van der Waals surface area contributed by atoms with Crippen LogP contribution in [0, 0.1) is 0 Å². The number of thiazole rings is 1. The van der Waals surface area contributed by atoms with Crippen LogP contribution in [0.4, 0.5) is 31.3 Å². The van der Waals surface area contributed by atoms with Crippen LogP contribution in [-0.4, -0.2) is 77.9 Å². The van der Waals surface area contributed by atoms with E-state index in [1.165, 1.54) is 15.9 Å².